The lowest BCUT2D eigenvalue weighted by atomic mass is 9.96. The third kappa shape index (κ3) is 23.4. The molecule has 0 heterocycles. The maximum Gasteiger partial charge on any atom is 0.306 e. The van der Waals surface area contributed by atoms with Gasteiger partial charge in [-0.25, -0.2) is 0 Å². The van der Waals surface area contributed by atoms with Crippen LogP contribution in [0.2, 0.25) is 0 Å². The number of hydrogen-bond donors (Lipinski definition) is 4. The van der Waals surface area contributed by atoms with Crippen molar-refractivity contribution in [2.75, 3.05) is 19.8 Å². The molecule has 0 unspecified atom stereocenters. The lowest BCUT2D eigenvalue weighted by Crippen LogP contribution is -2.41. The average Bonchev–Trinajstić information content (AvgIpc) is 3.28. The normalized spacial score (nSPS) is 22.7. The van der Waals surface area contributed by atoms with Crippen LogP contribution in [0.25, 0.3) is 0 Å². The van der Waals surface area contributed by atoms with Gasteiger partial charge in [-0.15, -0.1) is 0 Å². The zero-order valence-electron chi connectivity index (χ0n) is 32.3. The van der Waals surface area contributed by atoms with Crippen LogP contribution < -0.4 is 0 Å². The van der Waals surface area contributed by atoms with Gasteiger partial charge < -0.3 is 34.6 Å². The maximum atomic E-state index is 12.5. The molecule has 0 aromatic rings. The van der Waals surface area contributed by atoms with E-state index in [4.69, 9.17) is 14.2 Å². The first-order chi connectivity index (χ1) is 23.7. The van der Waals surface area contributed by atoms with Gasteiger partial charge in [-0.2, -0.15) is 0 Å². The molecule has 0 radical (unpaired) electrons. The summed E-state index contributed by atoms with van der Waals surface area (Å²) in [6, 6.07) is 0. The van der Waals surface area contributed by atoms with Crippen LogP contribution in [0.3, 0.4) is 0 Å². The minimum absolute atomic E-state index is 0.0902. The average molecular weight is 701 g/mol. The Kier molecular flexibility index (Phi) is 29.1. The summed E-state index contributed by atoms with van der Waals surface area (Å²) in [6.45, 7) is 9.75. The van der Waals surface area contributed by atoms with E-state index in [1.807, 2.05) is 0 Å². The molecular formula is C41H80O8. The van der Waals surface area contributed by atoms with Crippen LogP contribution in [0, 0.1) is 11.8 Å². The van der Waals surface area contributed by atoms with Gasteiger partial charge in [0.25, 0.3) is 0 Å². The summed E-state index contributed by atoms with van der Waals surface area (Å²) in [4.78, 5) is 12.5. The quantitative estimate of drug-likeness (QED) is 0.0388. The first-order valence-electron chi connectivity index (χ1n) is 20.8. The molecular weight excluding hydrogens is 620 g/mol. The first-order valence-corrected chi connectivity index (χ1v) is 20.8. The Morgan fingerprint density at radius 2 is 0.980 bits per heavy atom. The van der Waals surface area contributed by atoms with E-state index >= 15 is 0 Å². The van der Waals surface area contributed by atoms with E-state index in [9.17, 15) is 25.2 Å². The highest BCUT2D eigenvalue weighted by Crippen LogP contribution is 2.28. The van der Waals surface area contributed by atoms with Crippen molar-refractivity contribution in [3.05, 3.63) is 0 Å². The maximum absolute atomic E-state index is 12.5. The number of esters is 1. The third-order valence-corrected chi connectivity index (χ3v) is 10.4. The topological polar surface area (TPSA) is 126 Å². The lowest BCUT2D eigenvalue weighted by molar-refractivity contribution is -0.168. The van der Waals surface area contributed by atoms with Crippen molar-refractivity contribution in [1.82, 2.24) is 0 Å². The van der Waals surface area contributed by atoms with Gasteiger partial charge in [-0.3, -0.25) is 4.79 Å². The zero-order valence-corrected chi connectivity index (χ0v) is 32.3. The first kappa shape index (κ1) is 46.3. The molecule has 0 aromatic heterocycles. The Bertz CT molecular complexity index is 751. The van der Waals surface area contributed by atoms with Crippen LogP contribution in [0.5, 0.6) is 0 Å². The molecule has 49 heavy (non-hydrogen) atoms. The molecule has 1 aliphatic rings. The minimum atomic E-state index is -1.49. The number of carbonyl (C=O) groups excluding carboxylic acids is 1. The fraction of sp³-hybridized carbons (Fsp3) is 0.976. The van der Waals surface area contributed by atoms with E-state index in [0.29, 0.717) is 13.0 Å². The fourth-order valence-electron chi connectivity index (χ4n) is 7.01. The van der Waals surface area contributed by atoms with Crippen LogP contribution in [0.4, 0.5) is 0 Å². The largest absolute Gasteiger partial charge is 0.457 e. The highest BCUT2D eigenvalue weighted by atomic mass is 16.6. The lowest BCUT2D eigenvalue weighted by Gasteiger charge is -2.24. The zero-order chi connectivity index (χ0) is 36.1. The molecule has 0 spiro atoms. The monoisotopic (exact) mass is 701 g/mol. The SMILES string of the molecule is CCCCCC[C@@H](C)CCCCCCCC(=O)O[C@H]1[C@H](O)[C@@H](O)[C@H](O)[C@H]1OC[C@@H](O)COCCCCCCCCC[C@@H](C)CCCCCC. The van der Waals surface area contributed by atoms with Crippen molar-refractivity contribution in [1.29, 1.82) is 0 Å². The molecule has 0 aliphatic heterocycles. The van der Waals surface area contributed by atoms with Gasteiger partial charge in [-0.05, 0) is 24.7 Å². The molecule has 4 N–H and O–H groups in total. The van der Waals surface area contributed by atoms with E-state index in [1.165, 1.54) is 116 Å². The van der Waals surface area contributed by atoms with Gasteiger partial charge >= 0.3 is 5.97 Å². The number of unbranched alkanes of at least 4 members (excludes halogenated alkanes) is 16. The molecule has 1 fully saturated rings. The molecule has 0 amide bonds. The van der Waals surface area contributed by atoms with Crippen LogP contribution in [0.1, 0.15) is 188 Å². The van der Waals surface area contributed by atoms with Gasteiger partial charge in [0.2, 0.25) is 0 Å². The van der Waals surface area contributed by atoms with Crippen molar-refractivity contribution >= 4 is 5.97 Å². The summed E-state index contributed by atoms with van der Waals surface area (Å²) in [7, 11) is 0. The molecule has 1 rings (SSSR count). The number of aliphatic hydroxyl groups is 4. The second-order valence-electron chi connectivity index (χ2n) is 15.4. The van der Waals surface area contributed by atoms with E-state index < -0.39 is 42.6 Å². The Morgan fingerprint density at radius 1 is 0.551 bits per heavy atom. The van der Waals surface area contributed by atoms with E-state index in [2.05, 4.69) is 27.7 Å². The molecule has 0 saturated heterocycles. The second kappa shape index (κ2) is 30.8. The predicted octanol–water partition coefficient (Wildman–Crippen LogP) is 8.82. The smallest absolute Gasteiger partial charge is 0.306 e. The minimum Gasteiger partial charge on any atom is -0.457 e. The highest BCUT2D eigenvalue weighted by Gasteiger charge is 2.52. The molecule has 8 heteroatoms. The summed E-state index contributed by atoms with van der Waals surface area (Å²) >= 11 is 0. The summed E-state index contributed by atoms with van der Waals surface area (Å²) < 4.78 is 16.8. The van der Waals surface area contributed by atoms with Crippen molar-refractivity contribution in [3.63, 3.8) is 0 Å². The van der Waals surface area contributed by atoms with Crippen LogP contribution in [0.15, 0.2) is 0 Å². The van der Waals surface area contributed by atoms with Gasteiger partial charge in [0, 0.05) is 13.0 Å². The number of aliphatic hydroxyl groups excluding tert-OH is 4. The number of rotatable bonds is 34. The number of hydrogen-bond acceptors (Lipinski definition) is 8. The molecule has 0 bridgehead atoms. The van der Waals surface area contributed by atoms with Gasteiger partial charge in [0.05, 0.1) is 13.2 Å². The Morgan fingerprint density at radius 3 is 1.49 bits per heavy atom. The highest BCUT2D eigenvalue weighted by molar-refractivity contribution is 5.69. The summed E-state index contributed by atoms with van der Waals surface area (Å²) in [5.41, 5.74) is 0. The van der Waals surface area contributed by atoms with Crippen LogP contribution in [-0.4, -0.2) is 82.8 Å². The predicted molar refractivity (Wildman–Crippen MR) is 200 cm³/mol. The van der Waals surface area contributed by atoms with Gasteiger partial charge in [-0.1, -0.05) is 169 Å². The van der Waals surface area contributed by atoms with Crippen molar-refractivity contribution < 1.29 is 39.4 Å². The van der Waals surface area contributed by atoms with Crippen molar-refractivity contribution in [2.24, 2.45) is 11.8 Å². The Labute approximate surface area is 301 Å². The van der Waals surface area contributed by atoms with E-state index in [-0.39, 0.29) is 19.6 Å². The third-order valence-electron chi connectivity index (χ3n) is 10.4. The van der Waals surface area contributed by atoms with Crippen molar-refractivity contribution in [3.8, 4) is 0 Å². The summed E-state index contributed by atoms with van der Waals surface area (Å²) in [5, 5.41) is 41.4. The Hall–Kier alpha value is -0.770. The molecule has 1 aliphatic carbocycles. The van der Waals surface area contributed by atoms with Crippen molar-refractivity contribution in [2.45, 2.75) is 225 Å². The standard InChI is InChI=1S/C41H80O8/c1-5-7-9-19-25-33(3)27-21-15-12-11-13-18-24-30-47-31-35(42)32-48-40-38(45)37(44)39(46)41(40)49-36(43)29-23-17-14-16-22-28-34(4)26-20-10-8-6-2/h33-35,37-42,44-46H,5-32H2,1-4H3/t33-,34+,35-,37-,38-,39+,40+,41-/m0/s1. The Balaban J connectivity index is 2.12. The fourth-order valence-corrected chi connectivity index (χ4v) is 7.01. The van der Waals surface area contributed by atoms with E-state index in [0.717, 1.165) is 43.9 Å². The van der Waals surface area contributed by atoms with Crippen LogP contribution >= 0.6 is 0 Å². The van der Waals surface area contributed by atoms with E-state index in [1.54, 1.807) is 0 Å². The second-order valence-corrected chi connectivity index (χ2v) is 15.4. The molecule has 292 valence electrons. The molecule has 0 aromatic carbocycles. The summed E-state index contributed by atoms with van der Waals surface area (Å²) in [5.74, 6) is 1.16. The summed E-state index contributed by atoms with van der Waals surface area (Å²) in [6.07, 6.45) is 22.2. The number of carbonyl (C=O) groups is 1. The van der Waals surface area contributed by atoms with Gasteiger partial charge in [0.1, 0.15) is 30.5 Å². The molecule has 1 saturated carbocycles. The molecule has 8 atom stereocenters. The molecule has 8 nitrogen and oxygen atoms in total. The van der Waals surface area contributed by atoms with Gasteiger partial charge in [0.15, 0.2) is 6.10 Å². The van der Waals surface area contributed by atoms with Crippen LogP contribution in [-0.2, 0) is 19.0 Å². The number of ether oxygens (including phenoxy) is 3.